The molecule has 2 aromatic rings. The van der Waals surface area contributed by atoms with Crippen LogP contribution in [-0.4, -0.2) is 58.9 Å². The molecule has 0 N–H and O–H groups in total. The molecule has 1 fully saturated rings. The number of hydrogen-bond donors (Lipinski definition) is 0. The van der Waals surface area contributed by atoms with Crippen molar-refractivity contribution in [1.29, 1.82) is 0 Å². The molecule has 1 aliphatic rings. The Labute approximate surface area is 166 Å². The minimum Gasteiger partial charge on any atom is -0.481 e. The first kappa shape index (κ1) is 19.9. The molecular weight excluding hydrogens is 354 g/mol. The van der Waals surface area contributed by atoms with Crippen molar-refractivity contribution in [3.8, 4) is 5.75 Å². The average Bonchev–Trinajstić information content (AvgIpc) is 2.73. The quantitative estimate of drug-likeness (QED) is 0.799. The van der Waals surface area contributed by atoms with Gasteiger partial charge in [-0.2, -0.15) is 0 Å². The molecule has 2 amide bonds. The normalized spacial score (nSPS) is 15.4. The van der Waals surface area contributed by atoms with E-state index >= 15 is 0 Å². The maximum absolute atomic E-state index is 12.8. The summed E-state index contributed by atoms with van der Waals surface area (Å²) < 4.78 is 5.99. The maximum Gasteiger partial charge on any atom is 0.263 e. The number of hydrogen-bond acceptors (Lipinski definition) is 4. The van der Waals surface area contributed by atoms with Crippen LogP contribution in [0.15, 0.2) is 48.8 Å². The molecule has 148 valence electrons. The first-order valence-corrected chi connectivity index (χ1v) is 9.71. The molecule has 1 saturated heterocycles. The Bertz CT molecular complexity index is 815. The second kappa shape index (κ2) is 8.87. The van der Waals surface area contributed by atoms with E-state index in [0.29, 0.717) is 37.7 Å². The Kier molecular flexibility index (Phi) is 6.29. The second-order valence-corrected chi connectivity index (χ2v) is 7.31. The van der Waals surface area contributed by atoms with Crippen LogP contribution in [0.25, 0.3) is 0 Å². The topological polar surface area (TPSA) is 62.7 Å². The van der Waals surface area contributed by atoms with Crippen LogP contribution < -0.4 is 4.74 Å². The van der Waals surface area contributed by atoms with E-state index in [1.54, 1.807) is 41.2 Å². The van der Waals surface area contributed by atoms with Crippen molar-refractivity contribution in [1.82, 2.24) is 14.8 Å². The van der Waals surface area contributed by atoms with Gasteiger partial charge < -0.3 is 14.5 Å². The van der Waals surface area contributed by atoms with Crippen LogP contribution in [0, 0.1) is 0 Å². The molecule has 0 aliphatic carbocycles. The molecule has 28 heavy (non-hydrogen) atoms. The van der Waals surface area contributed by atoms with Gasteiger partial charge in [-0.3, -0.25) is 14.6 Å². The van der Waals surface area contributed by atoms with E-state index in [9.17, 15) is 9.59 Å². The number of para-hydroxylation sites is 1. The molecule has 2 heterocycles. The van der Waals surface area contributed by atoms with Crippen molar-refractivity contribution in [3.63, 3.8) is 0 Å². The van der Waals surface area contributed by atoms with Gasteiger partial charge in [0.2, 0.25) is 0 Å². The zero-order valence-corrected chi connectivity index (χ0v) is 16.7. The fraction of sp³-hybridized carbons (Fsp3) is 0.409. The zero-order valence-electron chi connectivity index (χ0n) is 16.7. The van der Waals surface area contributed by atoms with Crippen LogP contribution in [0.2, 0.25) is 0 Å². The summed E-state index contributed by atoms with van der Waals surface area (Å²) in [5.41, 5.74) is 1.71. The highest BCUT2D eigenvalue weighted by molar-refractivity contribution is 5.94. The summed E-state index contributed by atoms with van der Waals surface area (Å²) in [5, 5.41) is 0. The molecule has 1 aromatic heterocycles. The molecule has 6 heteroatoms. The number of rotatable bonds is 5. The molecule has 1 aliphatic heterocycles. The van der Waals surface area contributed by atoms with Gasteiger partial charge in [-0.25, -0.2) is 0 Å². The molecule has 0 spiro atoms. The van der Waals surface area contributed by atoms with Crippen molar-refractivity contribution >= 4 is 11.8 Å². The monoisotopic (exact) mass is 381 g/mol. The van der Waals surface area contributed by atoms with E-state index in [2.05, 4.69) is 18.8 Å². The van der Waals surface area contributed by atoms with Gasteiger partial charge in [0.25, 0.3) is 11.8 Å². The largest absolute Gasteiger partial charge is 0.481 e. The molecule has 0 bridgehead atoms. The third-order valence-corrected chi connectivity index (χ3v) is 5.00. The number of aromatic nitrogens is 1. The van der Waals surface area contributed by atoms with E-state index in [-0.39, 0.29) is 11.8 Å². The summed E-state index contributed by atoms with van der Waals surface area (Å²) in [6, 6.07) is 11.3. The molecule has 1 atom stereocenters. The molecule has 3 rings (SSSR count). The van der Waals surface area contributed by atoms with Crippen LogP contribution >= 0.6 is 0 Å². The lowest BCUT2D eigenvalue weighted by Gasteiger charge is -2.36. The number of carbonyl (C=O) groups is 2. The highest BCUT2D eigenvalue weighted by Crippen LogP contribution is 2.27. The Morgan fingerprint density at radius 2 is 1.54 bits per heavy atom. The SMILES string of the molecule is CC(Oc1ccccc1C(C)C)C(=O)N1CCN(C(=O)c2ccncc2)CC1. The number of benzene rings is 1. The fourth-order valence-electron chi connectivity index (χ4n) is 3.37. The second-order valence-electron chi connectivity index (χ2n) is 7.31. The molecule has 6 nitrogen and oxygen atoms in total. The summed E-state index contributed by atoms with van der Waals surface area (Å²) in [4.78, 5) is 32.8. The number of nitrogens with zero attached hydrogens (tertiary/aromatic N) is 3. The molecular formula is C22H27N3O3. The van der Waals surface area contributed by atoms with Gasteiger partial charge in [-0.05, 0) is 36.6 Å². The first-order chi connectivity index (χ1) is 13.5. The summed E-state index contributed by atoms with van der Waals surface area (Å²) in [6.07, 6.45) is 2.66. The van der Waals surface area contributed by atoms with Crippen molar-refractivity contribution < 1.29 is 14.3 Å². The molecule has 0 saturated carbocycles. The summed E-state index contributed by atoms with van der Waals surface area (Å²) in [6.45, 7) is 8.05. The minimum absolute atomic E-state index is 0.0235. The summed E-state index contributed by atoms with van der Waals surface area (Å²) in [5.74, 6) is 1.00. The summed E-state index contributed by atoms with van der Waals surface area (Å²) in [7, 11) is 0. The van der Waals surface area contributed by atoms with Gasteiger partial charge in [-0.15, -0.1) is 0 Å². The van der Waals surface area contributed by atoms with Gasteiger partial charge in [0, 0.05) is 44.1 Å². The predicted molar refractivity (Wildman–Crippen MR) is 107 cm³/mol. The van der Waals surface area contributed by atoms with E-state index in [4.69, 9.17) is 4.74 Å². The first-order valence-electron chi connectivity index (χ1n) is 9.71. The van der Waals surface area contributed by atoms with Crippen molar-refractivity contribution in [3.05, 3.63) is 59.9 Å². The van der Waals surface area contributed by atoms with Crippen molar-refractivity contribution in [2.75, 3.05) is 26.2 Å². The fourth-order valence-corrected chi connectivity index (χ4v) is 3.37. The average molecular weight is 381 g/mol. The Hall–Kier alpha value is -2.89. The zero-order chi connectivity index (χ0) is 20.1. The smallest absolute Gasteiger partial charge is 0.263 e. The number of carbonyl (C=O) groups excluding carboxylic acids is 2. The van der Waals surface area contributed by atoms with Gasteiger partial charge in [0.1, 0.15) is 5.75 Å². The Balaban J connectivity index is 1.57. The van der Waals surface area contributed by atoms with Crippen LogP contribution in [0.5, 0.6) is 5.75 Å². The lowest BCUT2D eigenvalue weighted by atomic mass is 10.0. The number of pyridine rings is 1. The third-order valence-electron chi connectivity index (χ3n) is 5.00. The number of amides is 2. The number of ether oxygens (including phenoxy) is 1. The van der Waals surface area contributed by atoms with Crippen molar-refractivity contribution in [2.45, 2.75) is 32.8 Å². The summed E-state index contributed by atoms with van der Waals surface area (Å²) >= 11 is 0. The van der Waals surface area contributed by atoms with Crippen LogP contribution in [0.3, 0.4) is 0 Å². The van der Waals surface area contributed by atoms with Gasteiger partial charge in [0.15, 0.2) is 6.10 Å². The lowest BCUT2D eigenvalue weighted by molar-refractivity contribution is -0.139. The molecule has 1 unspecified atom stereocenters. The highest BCUT2D eigenvalue weighted by atomic mass is 16.5. The van der Waals surface area contributed by atoms with E-state index in [1.165, 1.54) is 0 Å². The van der Waals surface area contributed by atoms with E-state index < -0.39 is 6.10 Å². The standard InChI is InChI=1S/C22H27N3O3/c1-16(2)19-6-4-5-7-20(19)28-17(3)21(26)24-12-14-25(15-13-24)22(27)18-8-10-23-11-9-18/h4-11,16-17H,12-15H2,1-3H3. The third kappa shape index (κ3) is 4.50. The van der Waals surface area contributed by atoms with Crippen LogP contribution in [-0.2, 0) is 4.79 Å². The van der Waals surface area contributed by atoms with Crippen LogP contribution in [0.4, 0.5) is 0 Å². The van der Waals surface area contributed by atoms with Crippen molar-refractivity contribution in [2.24, 2.45) is 0 Å². The Morgan fingerprint density at radius 3 is 2.18 bits per heavy atom. The predicted octanol–water partition coefficient (Wildman–Crippen LogP) is 2.96. The van der Waals surface area contributed by atoms with Gasteiger partial charge in [-0.1, -0.05) is 32.0 Å². The lowest BCUT2D eigenvalue weighted by Crippen LogP contribution is -2.53. The number of piperazine rings is 1. The minimum atomic E-state index is -0.567. The van der Waals surface area contributed by atoms with E-state index in [0.717, 1.165) is 11.3 Å². The Morgan fingerprint density at radius 1 is 0.929 bits per heavy atom. The maximum atomic E-state index is 12.8. The molecule has 0 radical (unpaired) electrons. The van der Waals surface area contributed by atoms with Gasteiger partial charge >= 0.3 is 0 Å². The van der Waals surface area contributed by atoms with Gasteiger partial charge in [0.05, 0.1) is 0 Å². The van der Waals surface area contributed by atoms with E-state index in [1.807, 2.05) is 24.3 Å². The highest BCUT2D eigenvalue weighted by Gasteiger charge is 2.28. The van der Waals surface area contributed by atoms with Crippen LogP contribution in [0.1, 0.15) is 42.6 Å². The molecule has 1 aromatic carbocycles.